The predicted octanol–water partition coefficient (Wildman–Crippen LogP) is 1.17. The number of nitrogens with one attached hydrogen (secondary N) is 1. The second kappa shape index (κ2) is 9.68. The summed E-state index contributed by atoms with van der Waals surface area (Å²) < 4.78 is 39.0. The zero-order valence-electron chi connectivity index (χ0n) is 18.5. The third-order valence-electron chi connectivity index (χ3n) is 6.05. The quantitative estimate of drug-likeness (QED) is 0.626. The van der Waals surface area contributed by atoms with Crippen molar-refractivity contribution in [3.05, 3.63) is 52.4 Å². The topological polar surface area (TPSA) is 112 Å². The van der Waals surface area contributed by atoms with Crippen molar-refractivity contribution in [3.63, 3.8) is 0 Å². The second-order valence-electron chi connectivity index (χ2n) is 8.59. The third kappa shape index (κ3) is 5.74. The molecule has 1 aromatic carbocycles. The largest absolute Gasteiger partial charge is 0.370 e. The second-order valence-corrected chi connectivity index (χ2v) is 10.5. The van der Waals surface area contributed by atoms with Crippen molar-refractivity contribution in [3.8, 4) is 6.07 Å². The number of benzene rings is 1. The predicted molar refractivity (Wildman–Crippen MR) is 118 cm³/mol. The van der Waals surface area contributed by atoms with Crippen LogP contribution in [0.1, 0.15) is 28.1 Å². The van der Waals surface area contributed by atoms with Crippen molar-refractivity contribution in [2.75, 3.05) is 38.5 Å². The average Bonchev–Trinajstić information content (AvgIpc) is 3.08. The van der Waals surface area contributed by atoms with E-state index in [0.29, 0.717) is 12.1 Å². The Morgan fingerprint density at radius 2 is 1.78 bits per heavy atom. The monoisotopic (exact) mass is 459 g/mol. The van der Waals surface area contributed by atoms with Crippen LogP contribution in [-0.4, -0.2) is 74.1 Å². The van der Waals surface area contributed by atoms with Gasteiger partial charge in [0.15, 0.2) is 0 Å². The zero-order valence-corrected chi connectivity index (χ0v) is 19.3. The number of nitriles is 1. The Labute approximate surface area is 189 Å². The Morgan fingerprint density at radius 3 is 2.38 bits per heavy atom. The smallest absolute Gasteiger partial charge is 0.213 e. The maximum absolute atomic E-state index is 12.5. The molecule has 2 atom stereocenters. The highest BCUT2D eigenvalue weighted by Gasteiger charge is 2.35. The van der Waals surface area contributed by atoms with Crippen LogP contribution in [0, 0.1) is 25.2 Å². The summed E-state index contributed by atoms with van der Waals surface area (Å²) in [7, 11) is -3.40. The van der Waals surface area contributed by atoms with Crippen LogP contribution in [-0.2, 0) is 27.8 Å². The number of hydrogen-bond acceptors (Lipinski definition) is 8. The van der Waals surface area contributed by atoms with Gasteiger partial charge < -0.3 is 9.26 Å². The molecule has 1 N–H and O–H groups in total. The molecule has 2 fully saturated rings. The Bertz CT molecular complexity index is 1040. The van der Waals surface area contributed by atoms with Crippen LogP contribution < -0.4 is 4.72 Å². The van der Waals surface area contributed by atoms with Gasteiger partial charge in [-0.3, -0.25) is 9.80 Å². The summed E-state index contributed by atoms with van der Waals surface area (Å²) in [6, 6.07) is 8.95. The number of aryl methyl sites for hydroxylation is 2. The molecule has 1 aromatic heterocycles. The summed E-state index contributed by atoms with van der Waals surface area (Å²) in [5, 5.41) is 12.9. The van der Waals surface area contributed by atoms with Crippen molar-refractivity contribution < 1.29 is 17.7 Å². The number of fused-ring (bicyclic) bond motifs is 2. The van der Waals surface area contributed by atoms with Crippen LogP contribution >= 0.6 is 0 Å². The van der Waals surface area contributed by atoms with Gasteiger partial charge in [0.1, 0.15) is 5.76 Å². The molecule has 0 saturated carbocycles. The lowest BCUT2D eigenvalue weighted by Crippen LogP contribution is -2.59. The molecule has 2 aliphatic heterocycles. The molecule has 10 heteroatoms. The average molecular weight is 460 g/mol. The highest BCUT2D eigenvalue weighted by molar-refractivity contribution is 7.89. The first-order valence-electron chi connectivity index (χ1n) is 10.8. The van der Waals surface area contributed by atoms with E-state index < -0.39 is 10.0 Å². The molecule has 2 unspecified atom stereocenters. The van der Waals surface area contributed by atoms with Crippen LogP contribution in [0.4, 0.5) is 0 Å². The van der Waals surface area contributed by atoms with Crippen molar-refractivity contribution in [2.45, 2.75) is 39.1 Å². The van der Waals surface area contributed by atoms with Crippen molar-refractivity contribution in [1.82, 2.24) is 19.7 Å². The number of aromatic nitrogens is 1. The number of ether oxygens (including phenoxy) is 1. The van der Waals surface area contributed by atoms with Gasteiger partial charge >= 0.3 is 0 Å². The molecule has 172 valence electrons. The normalized spacial score (nSPS) is 22.0. The van der Waals surface area contributed by atoms with Gasteiger partial charge in [0, 0.05) is 51.4 Å². The van der Waals surface area contributed by atoms with E-state index in [4.69, 9.17) is 14.5 Å². The van der Waals surface area contributed by atoms with Crippen molar-refractivity contribution in [1.29, 1.82) is 5.26 Å². The van der Waals surface area contributed by atoms with E-state index >= 15 is 0 Å². The summed E-state index contributed by atoms with van der Waals surface area (Å²) in [5.41, 5.74) is 3.45. The van der Waals surface area contributed by atoms with E-state index in [2.05, 4.69) is 25.7 Å². The van der Waals surface area contributed by atoms with Gasteiger partial charge in [-0.05, 0) is 31.5 Å². The molecule has 0 spiro atoms. The fraction of sp³-hybridized carbons (Fsp3) is 0.545. The Hall–Kier alpha value is -2.29. The minimum Gasteiger partial charge on any atom is -0.370 e. The third-order valence-corrected chi connectivity index (χ3v) is 7.35. The van der Waals surface area contributed by atoms with Gasteiger partial charge in [-0.25, -0.2) is 13.1 Å². The van der Waals surface area contributed by atoms with Gasteiger partial charge in [-0.2, -0.15) is 5.26 Å². The molecule has 2 aromatic rings. The SMILES string of the molecule is Cc1noc(C)c1CN1CC2CN(CCS(=O)(=O)NCc3ccc(C#N)cc3)CC(C1)O2. The van der Waals surface area contributed by atoms with E-state index in [1.807, 2.05) is 13.8 Å². The number of rotatable bonds is 8. The molecule has 2 saturated heterocycles. The van der Waals surface area contributed by atoms with Crippen LogP contribution in [0.15, 0.2) is 28.8 Å². The molecule has 32 heavy (non-hydrogen) atoms. The summed E-state index contributed by atoms with van der Waals surface area (Å²) in [6.07, 6.45) is 0.134. The fourth-order valence-corrected chi connectivity index (χ4v) is 5.37. The molecule has 0 aliphatic carbocycles. The minimum atomic E-state index is -3.40. The summed E-state index contributed by atoms with van der Waals surface area (Å²) >= 11 is 0. The summed E-state index contributed by atoms with van der Waals surface area (Å²) in [6.45, 7) is 8.45. The van der Waals surface area contributed by atoms with Gasteiger partial charge in [0.2, 0.25) is 10.0 Å². The van der Waals surface area contributed by atoms with E-state index in [9.17, 15) is 8.42 Å². The molecule has 3 heterocycles. The van der Waals surface area contributed by atoms with Crippen molar-refractivity contribution >= 4 is 10.0 Å². The maximum atomic E-state index is 12.5. The highest BCUT2D eigenvalue weighted by Crippen LogP contribution is 2.23. The Kier molecular flexibility index (Phi) is 6.93. The minimum absolute atomic E-state index is 0.0471. The molecule has 9 nitrogen and oxygen atoms in total. The van der Waals surface area contributed by atoms with E-state index in [-0.39, 0.29) is 24.5 Å². The van der Waals surface area contributed by atoms with E-state index in [1.54, 1.807) is 24.3 Å². The summed E-state index contributed by atoms with van der Waals surface area (Å²) in [4.78, 5) is 4.56. The lowest BCUT2D eigenvalue weighted by molar-refractivity contribution is -0.139. The van der Waals surface area contributed by atoms with E-state index in [0.717, 1.165) is 55.3 Å². The first-order chi connectivity index (χ1) is 15.3. The number of sulfonamides is 1. The standard InChI is InChI=1S/C22H29N5O4S/c1-16-22(17(2)31-25-16)15-27-13-20-11-26(12-21(14-27)30-20)7-8-32(28,29)24-10-19-5-3-18(9-23)4-6-19/h3-6,20-21,24H,7-8,10-15H2,1-2H3. The van der Waals surface area contributed by atoms with Crippen molar-refractivity contribution in [2.24, 2.45) is 0 Å². The van der Waals surface area contributed by atoms with Gasteiger partial charge in [0.05, 0.1) is 35.3 Å². The maximum Gasteiger partial charge on any atom is 0.213 e. The molecule has 2 aliphatic rings. The molecule has 0 radical (unpaired) electrons. The Morgan fingerprint density at radius 1 is 1.12 bits per heavy atom. The fourth-order valence-electron chi connectivity index (χ4n) is 4.34. The highest BCUT2D eigenvalue weighted by atomic mass is 32.2. The number of morpholine rings is 2. The van der Waals surface area contributed by atoms with E-state index in [1.165, 1.54) is 0 Å². The first-order valence-corrected chi connectivity index (χ1v) is 12.4. The number of nitrogens with zero attached hydrogens (tertiary/aromatic N) is 4. The molecule has 0 amide bonds. The van der Waals surface area contributed by atoms with Crippen LogP contribution in [0.5, 0.6) is 0 Å². The molecular weight excluding hydrogens is 430 g/mol. The summed E-state index contributed by atoms with van der Waals surface area (Å²) in [5.74, 6) is 0.908. The molecule has 2 bridgehead atoms. The zero-order chi connectivity index (χ0) is 22.7. The van der Waals surface area contributed by atoms with Gasteiger partial charge in [-0.1, -0.05) is 17.3 Å². The van der Waals surface area contributed by atoms with Crippen LogP contribution in [0.3, 0.4) is 0 Å². The van der Waals surface area contributed by atoms with Crippen LogP contribution in [0.25, 0.3) is 0 Å². The molecule has 4 rings (SSSR count). The van der Waals surface area contributed by atoms with Gasteiger partial charge in [0.25, 0.3) is 0 Å². The van der Waals surface area contributed by atoms with Crippen LogP contribution in [0.2, 0.25) is 0 Å². The first kappa shape index (κ1) is 22.9. The Balaban J connectivity index is 1.24. The lowest BCUT2D eigenvalue weighted by atomic mass is 10.1. The number of hydrogen-bond donors (Lipinski definition) is 1. The van der Waals surface area contributed by atoms with Gasteiger partial charge in [-0.15, -0.1) is 0 Å². The lowest BCUT2D eigenvalue weighted by Gasteiger charge is -2.45. The molecular formula is C22H29N5O4S.